The van der Waals surface area contributed by atoms with Gasteiger partial charge in [-0.25, -0.2) is 4.99 Å². The third-order valence-corrected chi connectivity index (χ3v) is 3.49. The summed E-state index contributed by atoms with van der Waals surface area (Å²) in [5.74, 6) is 0.836. The average Bonchev–Trinajstić information content (AvgIpc) is 2.56. The molecule has 130 valence electrons. The van der Waals surface area contributed by atoms with Crippen LogP contribution >= 0.6 is 0 Å². The van der Waals surface area contributed by atoms with Gasteiger partial charge in [-0.3, -0.25) is 0 Å². The Kier molecular flexibility index (Phi) is 10.1. The molecule has 0 bridgehead atoms. The summed E-state index contributed by atoms with van der Waals surface area (Å²) in [5.41, 5.74) is 2.56. The largest absolute Gasteiger partial charge is 0.380 e. The standard InChI is InChI=1S/C18H32N4O/c1-5-19-18(20-11-12-23-7-3)21-14-16-9-8-10-17(13-16)15-22(4)6-2/h8-10,13H,5-7,11-12,14-15H2,1-4H3,(H2,19,20,21). The maximum absolute atomic E-state index is 5.34. The number of ether oxygens (including phenoxy) is 1. The Balaban J connectivity index is 2.58. The van der Waals surface area contributed by atoms with Crippen LogP contribution in [0.15, 0.2) is 29.3 Å². The molecule has 1 rings (SSSR count). The molecule has 0 aliphatic carbocycles. The van der Waals surface area contributed by atoms with E-state index in [0.717, 1.165) is 38.7 Å². The van der Waals surface area contributed by atoms with E-state index in [9.17, 15) is 0 Å². The van der Waals surface area contributed by atoms with Gasteiger partial charge >= 0.3 is 0 Å². The van der Waals surface area contributed by atoms with Gasteiger partial charge in [0.05, 0.1) is 13.2 Å². The topological polar surface area (TPSA) is 48.9 Å². The van der Waals surface area contributed by atoms with E-state index in [1.807, 2.05) is 6.92 Å². The molecule has 5 heteroatoms. The third-order valence-electron chi connectivity index (χ3n) is 3.49. The van der Waals surface area contributed by atoms with Gasteiger partial charge in [-0.15, -0.1) is 0 Å². The molecule has 0 atom stereocenters. The van der Waals surface area contributed by atoms with Crippen LogP contribution in [0, 0.1) is 0 Å². The number of nitrogens with zero attached hydrogens (tertiary/aromatic N) is 2. The van der Waals surface area contributed by atoms with Crippen LogP contribution in [-0.2, 0) is 17.8 Å². The fraction of sp³-hybridized carbons (Fsp3) is 0.611. The minimum Gasteiger partial charge on any atom is -0.380 e. The SMILES string of the molecule is CCNC(=NCc1cccc(CN(C)CC)c1)NCCOCC. The second-order valence-electron chi connectivity index (χ2n) is 5.47. The zero-order valence-corrected chi connectivity index (χ0v) is 15.1. The van der Waals surface area contributed by atoms with E-state index < -0.39 is 0 Å². The molecule has 5 nitrogen and oxygen atoms in total. The summed E-state index contributed by atoms with van der Waals surface area (Å²) in [6, 6.07) is 8.65. The number of benzene rings is 1. The van der Waals surface area contributed by atoms with Gasteiger partial charge in [-0.05, 0) is 38.6 Å². The summed E-state index contributed by atoms with van der Waals surface area (Å²) in [4.78, 5) is 6.94. The third kappa shape index (κ3) is 8.57. The molecule has 0 aromatic heterocycles. The predicted molar refractivity (Wildman–Crippen MR) is 97.8 cm³/mol. The van der Waals surface area contributed by atoms with Gasteiger partial charge in [-0.2, -0.15) is 0 Å². The number of aliphatic imine (C=N–C) groups is 1. The van der Waals surface area contributed by atoms with Crippen LogP contribution in [0.4, 0.5) is 0 Å². The zero-order chi connectivity index (χ0) is 16.9. The Morgan fingerprint density at radius 1 is 1.17 bits per heavy atom. The summed E-state index contributed by atoms with van der Waals surface area (Å²) in [5, 5.41) is 6.55. The highest BCUT2D eigenvalue weighted by molar-refractivity contribution is 5.79. The molecule has 0 fully saturated rings. The lowest BCUT2D eigenvalue weighted by Crippen LogP contribution is -2.39. The van der Waals surface area contributed by atoms with E-state index >= 15 is 0 Å². The second-order valence-corrected chi connectivity index (χ2v) is 5.47. The molecule has 0 aliphatic rings. The lowest BCUT2D eigenvalue weighted by Gasteiger charge is -2.14. The van der Waals surface area contributed by atoms with Crippen LogP contribution in [0.5, 0.6) is 0 Å². The van der Waals surface area contributed by atoms with E-state index in [1.54, 1.807) is 0 Å². The summed E-state index contributed by atoms with van der Waals surface area (Å²) in [7, 11) is 2.14. The lowest BCUT2D eigenvalue weighted by atomic mass is 10.1. The Bertz CT molecular complexity index is 462. The molecule has 0 saturated carbocycles. The van der Waals surface area contributed by atoms with Crippen molar-refractivity contribution in [1.82, 2.24) is 15.5 Å². The maximum atomic E-state index is 5.34. The molecule has 1 aromatic rings. The molecular weight excluding hydrogens is 288 g/mol. The second kappa shape index (κ2) is 11.9. The van der Waals surface area contributed by atoms with Gasteiger partial charge in [0.2, 0.25) is 0 Å². The molecule has 0 heterocycles. The van der Waals surface area contributed by atoms with Crippen LogP contribution < -0.4 is 10.6 Å². The monoisotopic (exact) mass is 320 g/mol. The fourth-order valence-corrected chi connectivity index (χ4v) is 2.15. The minimum absolute atomic E-state index is 0.674. The first-order valence-corrected chi connectivity index (χ1v) is 8.55. The number of nitrogens with one attached hydrogen (secondary N) is 2. The van der Waals surface area contributed by atoms with Crippen molar-refractivity contribution in [2.24, 2.45) is 4.99 Å². The molecule has 2 N–H and O–H groups in total. The van der Waals surface area contributed by atoms with E-state index in [4.69, 9.17) is 4.74 Å². The van der Waals surface area contributed by atoms with Crippen LogP contribution in [0.2, 0.25) is 0 Å². The summed E-state index contributed by atoms with van der Waals surface area (Å²) < 4.78 is 5.34. The summed E-state index contributed by atoms with van der Waals surface area (Å²) in [6.07, 6.45) is 0. The van der Waals surface area contributed by atoms with Crippen molar-refractivity contribution >= 4 is 5.96 Å². The van der Waals surface area contributed by atoms with Crippen molar-refractivity contribution in [3.05, 3.63) is 35.4 Å². The first-order chi connectivity index (χ1) is 11.2. The molecule has 0 unspecified atom stereocenters. The van der Waals surface area contributed by atoms with Crippen LogP contribution in [0.3, 0.4) is 0 Å². The van der Waals surface area contributed by atoms with Gasteiger partial charge in [0.1, 0.15) is 0 Å². The Morgan fingerprint density at radius 3 is 2.65 bits per heavy atom. The van der Waals surface area contributed by atoms with Crippen LogP contribution in [0.25, 0.3) is 0 Å². The highest BCUT2D eigenvalue weighted by Gasteiger charge is 2.01. The Morgan fingerprint density at radius 2 is 1.96 bits per heavy atom. The van der Waals surface area contributed by atoms with Gasteiger partial charge in [0.25, 0.3) is 0 Å². The van der Waals surface area contributed by atoms with Gasteiger partial charge in [0.15, 0.2) is 5.96 Å². The molecule has 0 amide bonds. The van der Waals surface area contributed by atoms with Crippen molar-refractivity contribution in [3.8, 4) is 0 Å². The van der Waals surface area contributed by atoms with Crippen molar-refractivity contribution in [2.75, 3.05) is 39.9 Å². The quantitative estimate of drug-likeness (QED) is 0.394. The Labute approximate surface area is 141 Å². The smallest absolute Gasteiger partial charge is 0.191 e. The Hall–Kier alpha value is -1.59. The van der Waals surface area contributed by atoms with Crippen LogP contribution in [-0.4, -0.2) is 50.8 Å². The normalized spacial score (nSPS) is 11.8. The van der Waals surface area contributed by atoms with E-state index in [1.165, 1.54) is 11.1 Å². The average molecular weight is 320 g/mol. The van der Waals surface area contributed by atoms with Crippen molar-refractivity contribution in [1.29, 1.82) is 0 Å². The number of hydrogen-bond donors (Lipinski definition) is 2. The molecule has 0 radical (unpaired) electrons. The van der Waals surface area contributed by atoms with Crippen molar-refractivity contribution in [2.45, 2.75) is 33.9 Å². The first kappa shape index (κ1) is 19.5. The summed E-state index contributed by atoms with van der Waals surface area (Å²) in [6.45, 7) is 12.0. The van der Waals surface area contributed by atoms with E-state index in [-0.39, 0.29) is 0 Å². The first-order valence-electron chi connectivity index (χ1n) is 8.55. The number of rotatable bonds is 10. The van der Waals surface area contributed by atoms with Gasteiger partial charge in [-0.1, -0.05) is 31.2 Å². The molecule has 23 heavy (non-hydrogen) atoms. The predicted octanol–water partition coefficient (Wildman–Crippen LogP) is 2.23. The molecule has 1 aromatic carbocycles. The summed E-state index contributed by atoms with van der Waals surface area (Å²) >= 11 is 0. The molecule has 0 aliphatic heterocycles. The maximum Gasteiger partial charge on any atom is 0.191 e. The fourth-order valence-electron chi connectivity index (χ4n) is 2.15. The van der Waals surface area contributed by atoms with Crippen molar-refractivity contribution in [3.63, 3.8) is 0 Å². The number of guanidine groups is 1. The number of hydrogen-bond acceptors (Lipinski definition) is 3. The minimum atomic E-state index is 0.674. The van der Waals surface area contributed by atoms with Gasteiger partial charge < -0.3 is 20.3 Å². The highest BCUT2D eigenvalue weighted by Crippen LogP contribution is 2.08. The van der Waals surface area contributed by atoms with E-state index in [0.29, 0.717) is 13.2 Å². The van der Waals surface area contributed by atoms with Gasteiger partial charge in [0, 0.05) is 26.2 Å². The van der Waals surface area contributed by atoms with Crippen molar-refractivity contribution < 1.29 is 4.74 Å². The zero-order valence-electron chi connectivity index (χ0n) is 15.1. The highest BCUT2D eigenvalue weighted by atomic mass is 16.5. The van der Waals surface area contributed by atoms with Crippen LogP contribution in [0.1, 0.15) is 31.9 Å². The molecule has 0 saturated heterocycles. The van der Waals surface area contributed by atoms with E-state index in [2.05, 4.69) is 65.7 Å². The molecule has 0 spiro atoms. The molecular formula is C18H32N4O. The lowest BCUT2D eigenvalue weighted by molar-refractivity contribution is 0.152.